The molecule has 6 nitrogen and oxygen atoms in total. The van der Waals surface area contributed by atoms with E-state index >= 15 is 0 Å². The van der Waals surface area contributed by atoms with Crippen LogP contribution in [0.1, 0.15) is 46.9 Å². The number of likely N-dealkylation sites (tertiary alicyclic amines) is 1. The maximum Gasteiger partial charge on any atom is 0.292 e. The molecule has 0 N–H and O–H groups in total. The SMILES string of the molecule is Cc1cc(C(=O)N2CCCCC2Cn2nc(C)cc2C)on1. The number of hydrogen-bond donors (Lipinski definition) is 0. The normalized spacial score (nSPS) is 18.7. The zero-order valence-corrected chi connectivity index (χ0v) is 13.4. The summed E-state index contributed by atoms with van der Waals surface area (Å²) >= 11 is 0. The molecule has 6 heteroatoms. The average molecular weight is 302 g/mol. The molecule has 1 aliphatic rings. The Labute approximate surface area is 130 Å². The molecule has 3 heterocycles. The summed E-state index contributed by atoms with van der Waals surface area (Å²) in [6.45, 7) is 7.37. The molecular formula is C16H22N4O2. The number of amides is 1. The Morgan fingerprint density at radius 3 is 2.73 bits per heavy atom. The van der Waals surface area contributed by atoms with E-state index in [-0.39, 0.29) is 11.9 Å². The molecule has 0 bridgehead atoms. The topological polar surface area (TPSA) is 64.2 Å². The van der Waals surface area contributed by atoms with E-state index in [1.807, 2.05) is 23.4 Å². The van der Waals surface area contributed by atoms with Crippen LogP contribution in [0.4, 0.5) is 0 Å². The number of carbonyl (C=O) groups excluding carboxylic acids is 1. The fraction of sp³-hybridized carbons (Fsp3) is 0.562. The number of nitrogens with zero attached hydrogens (tertiary/aromatic N) is 4. The average Bonchev–Trinajstić information content (AvgIpc) is 3.05. The third-order valence-corrected chi connectivity index (χ3v) is 4.21. The predicted molar refractivity (Wildman–Crippen MR) is 81.6 cm³/mol. The largest absolute Gasteiger partial charge is 0.351 e. The fourth-order valence-electron chi connectivity index (χ4n) is 3.12. The van der Waals surface area contributed by atoms with E-state index < -0.39 is 0 Å². The lowest BCUT2D eigenvalue weighted by atomic mass is 10.0. The summed E-state index contributed by atoms with van der Waals surface area (Å²) in [5.41, 5.74) is 2.87. The number of rotatable bonds is 3. The molecule has 0 radical (unpaired) electrons. The lowest BCUT2D eigenvalue weighted by Gasteiger charge is -2.35. The minimum atomic E-state index is -0.0631. The van der Waals surface area contributed by atoms with Gasteiger partial charge in [-0.2, -0.15) is 5.10 Å². The van der Waals surface area contributed by atoms with Crippen LogP contribution in [0.5, 0.6) is 0 Å². The number of hydrogen-bond acceptors (Lipinski definition) is 4. The summed E-state index contributed by atoms with van der Waals surface area (Å²) in [5, 5.41) is 8.34. The fourth-order valence-corrected chi connectivity index (χ4v) is 3.12. The standard InChI is InChI=1S/C16H22N4O2/c1-11-8-13(3)20(17-11)10-14-6-4-5-7-19(14)16(21)15-9-12(2)18-22-15/h8-9,14H,4-7,10H2,1-3H3. The van der Waals surface area contributed by atoms with Crippen LogP contribution in [0.15, 0.2) is 16.7 Å². The van der Waals surface area contributed by atoms with Gasteiger partial charge in [-0.3, -0.25) is 9.48 Å². The molecule has 1 amide bonds. The van der Waals surface area contributed by atoms with Crippen molar-refractivity contribution < 1.29 is 9.32 Å². The number of piperidine rings is 1. The summed E-state index contributed by atoms with van der Waals surface area (Å²) in [6.07, 6.45) is 3.17. The van der Waals surface area contributed by atoms with Crippen LogP contribution in [0, 0.1) is 20.8 Å². The van der Waals surface area contributed by atoms with Crippen molar-refractivity contribution in [1.82, 2.24) is 19.8 Å². The van der Waals surface area contributed by atoms with Gasteiger partial charge < -0.3 is 9.42 Å². The van der Waals surface area contributed by atoms with Gasteiger partial charge in [0.15, 0.2) is 0 Å². The predicted octanol–water partition coefficient (Wildman–Crippen LogP) is 2.49. The van der Waals surface area contributed by atoms with Gasteiger partial charge in [0.25, 0.3) is 5.91 Å². The Balaban J connectivity index is 1.79. The quantitative estimate of drug-likeness (QED) is 0.874. The highest BCUT2D eigenvalue weighted by Crippen LogP contribution is 2.22. The first-order chi connectivity index (χ1) is 10.5. The maximum atomic E-state index is 12.7. The van der Waals surface area contributed by atoms with Crippen molar-refractivity contribution in [2.75, 3.05) is 6.54 Å². The zero-order valence-electron chi connectivity index (χ0n) is 13.4. The molecule has 118 valence electrons. The van der Waals surface area contributed by atoms with Crippen molar-refractivity contribution in [3.63, 3.8) is 0 Å². The Bertz CT molecular complexity index is 673. The molecule has 0 aliphatic carbocycles. The molecule has 1 atom stereocenters. The van der Waals surface area contributed by atoms with Crippen molar-refractivity contribution in [1.29, 1.82) is 0 Å². The van der Waals surface area contributed by atoms with Crippen LogP contribution in [0.3, 0.4) is 0 Å². The van der Waals surface area contributed by atoms with Gasteiger partial charge in [-0.1, -0.05) is 5.16 Å². The zero-order chi connectivity index (χ0) is 15.7. The molecule has 1 fully saturated rings. The van der Waals surface area contributed by atoms with Crippen LogP contribution in [-0.2, 0) is 6.54 Å². The minimum Gasteiger partial charge on any atom is -0.351 e. The van der Waals surface area contributed by atoms with Crippen molar-refractivity contribution in [3.8, 4) is 0 Å². The summed E-state index contributed by atoms with van der Waals surface area (Å²) < 4.78 is 7.14. The first kappa shape index (κ1) is 14.8. The van der Waals surface area contributed by atoms with Crippen molar-refractivity contribution >= 4 is 5.91 Å². The van der Waals surface area contributed by atoms with Crippen LogP contribution in [0.2, 0.25) is 0 Å². The Morgan fingerprint density at radius 2 is 2.09 bits per heavy atom. The van der Waals surface area contributed by atoms with Gasteiger partial charge in [0.2, 0.25) is 5.76 Å². The molecule has 0 aromatic carbocycles. The highest BCUT2D eigenvalue weighted by molar-refractivity contribution is 5.91. The van der Waals surface area contributed by atoms with Gasteiger partial charge in [0.05, 0.1) is 24.0 Å². The van der Waals surface area contributed by atoms with E-state index in [2.05, 4.69) is 23.2 Å². The highest BCUT2D eigenvalue weighted by Gasteiger charge is 2.30. The van der Waals surface area contributed by atoms with E-state index in [4.69, 9.17) is 4.52 Å². The van der Waals surface area contributed by atoms with Crippen LogP contribution < -0.4 is 0 Å². The minimum absolute atomic E-state index is 0.0631. The molecule has 0 saturated carbocycles. The smallest absolute Gasteiger partial charge is 0.292 e. The molecule has 2 aromatic heterocycles. The van der Waals surface area contributed by atoms with Gasteiger partial charge in [0, 0.05) is 18.3 Å². The van der Waals surface area contributed by atoms with E-state index in [1.165, 1.54) is 0 Å². The van der Waals surface area contributed by atoms with Crippen molar-refractivity contribution in [3.05, 3.63) is 35.0 Å². The summed E-state index contributed by atoms with van der Waals surface area (Å²) in [5.74, 6) is 0.268. The Kier molecular flexibility index (Phi) is 4.00. The first-order valence-electron chi connectivity index (χ1n) is 7.80. The lowest BCUT2D eigenvalue weighted by Crippen LogP contribution is -2.46. The third kappa shape index (κ3) is 2.91. The highest BCUT2D eigenvalue weighted by atomic mass is 16.5. The molecule has 1 aliphatic heterocycles. The number of carbonyl (C=O) groups is 1. The van der Waals surface area contributed by atoms with Crippen LogP contribution in [0.25, 0.3) is 0 Å². The summed E-state index contributed by atoms with van der Waals surface area (Å²) in [6, 6.07) is 3.93. The second-order valence-electron chi connectivity index (χ2n) is 6.09. The van der Waals surface area contributed by atoms with Crippen LogP contribution in [-0.4, -0.2) is 38.3 Å². The molecule has 2 aromatic rings. The molecule has 1 unspecified atom stereocenters. The van der Waals surface area contributed by atoms with E-state index in [9.17, 15) is 4.79 Å². The Hall–Kier alpha value is -2.11. The van der Waals surface area contributed by atoms with Crippen molar-refractivity contribution in [2.45, 2.75) is 52.6 Å². The van der Waals surface area contributed by atoms with E-state index in [0.717, 1.165) is 49.4 Å². The van der Waals surface area contributed by atoms with Crippen LogP contribution >= 0.6 is 0 Å². The number of aromatic nitrogens is 3. The molecule has 1 saturated heterocycles. The summed E-state index contributed by atoms with van der Waals surface area (Å²) in [7, 11) is 0. The second kappa shape index (κ2) is 5.94. The van der Waals surface area contributed by atoms with Gasteiger partial charge >= 0.3 is 0 Å². The second-order valence-corrected chi connectivity index (χ2v) is 6.09. The lowest BCUT2D eigenvalue weighted by molar-refractivity contribution is 0.0541. The molecule has 22 heavy (non-hydrogen) atoms. The van der Waals surface area contributed by atoms with Gasteiger partial charge in [-0.25, -0.2) is 0 Å². The molecule has 0 spiro atoms. The van der Waals surface area contributed by atoms with Gasteiger partial charge in [-0.05, 0) is 46.1 Å². The third-order valence-electron chi connectivity index (χ3n) is 4.21. The monoisotopic (exact) mass is 302 g/mol. The molecule has 3 rings (SSSR count). The first-order valence-corrected chi connectivity index (χ1v) is 7.80. The van der Waals surface area contributed by atoms with E-state index in [1.54, 1.807) is 6.07 Å². The Morgan fingerprint density at radius 1 is 1.27 bits per heavy atom. The maximum absolute atomic E-state index is 12.7. The number of aryl methyl sites for hydroxylation is 3. The van der Waals surface area contributed by atoms with Gasteiger partial charge in [-0.15, -0.1) is 0 Å². The summed E-state index contributed by atoms with van der Waals surface area (Å²) in [4.78, 5) is 14.6. The van der Waals surface area contributed by atoms with Crippen molar-refractivity contribution in [2.24, 2.45) is 0 Å². The molecular weight excluding hydrogens is 280 g/mol. The van der Waals surface area contributed by atoms with E-state index in [0.29, 0.717) is 5.76 Å². The van der Waals surface area contributed by atoms with Gasteiger partial charge in [0.1, 0.15) is 0 Å².